The summed E-state index contributed by atoms with van der Waals surface area (Å²) in [6, 6.07) is 6.30. The lowest BCUT2D eigenvalue weighted by Gasteiger charge is -2.07. The predicted molar refractivity (Wildman–Crippen MR) is 64.4 cm³/mol. The number of rotatable bonds is 4. The van der Waals surface area contributed by atoms with E-state index in [2.05, 4.69) is 18.2 Å². The van der Waals surface area contributed by atoms with Gasteiger partial charge in [0.25, 0.3) is 0 Å². The van der Waals surface area contributed by atoms with Crippen molar-refractivity contribution in [2.75, 3.05) is 12.5 Å². The summed E-state index contributed by atoms with van der Waals surface area (Å²) in [6.45, 7) is 1.63. The van der Waals surface area contributed by atoms with Gasteiger partial charge in [-0.2, -0.15) is 0 Å². The Morgan fingerprint density at radius 1 is 1.29 bits per heavy atom. The molecule has 1 aromatic rings. The van der Waals surface area contributed by atoms with E-state index in [4.69, 9.17) is 0 Å². The van der Waals surface area contributed by atoms with E-state index in [9.17, 15) is 4.79 Å². The number of hydrogen-bond acceptors (Lipinski definition) is 3. The van der Waals surface area contributed by atoms with Gasteiger partial charge < -0.3 is 0 Å². The third kappa shape index (κ3) is 3.07. The Hall–Kier alpha value is -0.410. The molecule has 0 atom stereocenters. The van der Waals surface area contributed by atoms with Crippen LogP contribution in [0.15, 0.2) is 28.0 Å². The van der Waals surface area contributed by atoms with Gasteiger partial charge in [0.15, 0.2) is 0 Å². The van der Waals surface area contributed by atoms with Crippen LogP contribution in [-0.2, 0) is 11.2 Å². The third-order valence-corrected chi connectivity index (χ3v) is 3.49. The Balaban J connectivity index is 3.01. The quantitative estimate of drug-likeness (QED) is 0.734. The van der Waals surface area contributed by atoms with Crippen molar-refractivity contribution >= 4 is 29.3 Å². The van der Waals surface area contributed by atoms with E-state index in [1.54, 1.807) is 30.4 Å². The number of thioether (sulfide) groups is 2. The summed E-state index contributed by atoms with van der Waals surface area (Å²) < 4.78 is 0. The highest BCUT2D eigenvalue weighted by Crippen LogP contribution is 2.25. The Labute approximate surface area is 93.7 Å². The standard InChI is InChI=1S/C11H14OS2/c1-8(12)6-9-7-10(13-2)4-5-11(9)14-3/h4-5,7H,6H2,1-3H3. The molecule has 0 saturated carbocycles. The van der Waals surface area contributed by atoms with Crippen molar-refractivity contribution < 1.29 is 4.79 Å². The van der Waals surface area contributed by atoms with Crippen molar-refractivity contribution in [1.82, 2.24) is 0 Å². The first-order valence-corrected chi connectivity index (χ1v) is 6.82. The summed E-state index contributed by atoms with van der Waals surface area (Å²) in [5, 5.41) is 0. The maximum Gasteiger partial charge on any atom is 0.134 e. The molecular formula is C11H14OS2. The molecule has 0 aliphatic rings. The number of hydrogen-bond donors (Lipinski definition) is 0. The van der Waals surface area contributed by atoms with Crippen LogP contribution in [0.25, 0.3) is 0 Å². The molecule has 0 fully saturated rings. The average Bonchev–Trinajstić information content (AvgIpc) is 2.16. The lowest BCUT2D eigenvalue weighted by atomic mass is 10.1. The van der Waals surface area contributed by atoms with E-state index in [0.717, 1.165) is 5.56 Å². The van der Waals surface area contributed by atoms with Crippen LogP contribution in [0.4, 0.5) is 0 Å². The molecule has 1 rings (SSSR count). The van der Waals surface area contributed by atoms with Crippen LogP contribution in [0.1, 0.15) is 12.5 Å². The highest BCUT2D eigenvalue weighted by Gasteiger charge is 2.05. The Morgan fingerprint density at radius 2 is 2.00 bits per heavy atom. The summed E-state index contributed by atoms with van der Waals surface area (Å²) in [4.78, 5) is 13.5. The van der Waals surface area contributed by atoms with E-state index in [-0.39, 0.29) is 5.78 Å². The first-order valence-electron chi connectivity index (χ1n) is 4.37. The lowest BCUT2D eigenvalue weighted by Crippen LogP contribution is -1.98. The maximum atomic E-state index is 11.1. The van der Waals surface area contributed by atoms with Crippen LogP contribution in [0.5, 0.6) is 0 Å². The molecule has 0 saturated heterocycles. The van der Waals surface area contributed by atoms with E-state index >= 15 is 0 Å². The molecule has 0 N–H and O–H groups in total. The Morgan fingerprint density at radius 3 is 2.50 bits per heavy atom. The van der Waals surface area contributed by atoms with Crippen LogP contribution in [-0.4, -0.2) is 18.3 Å². The number of benzene rings is 1. The monoisotopic (exact) mass is 226 g/mol. The number of Topliss-reactive ketones (excluding diaryl/α,β-unsaturated/α-hetero) is 1. The van der Waals surface area contributed by atoms with Crippen molar-refractivity contribution in [3.8, 4) is 0 Å². The zero-order valence-corrected chi connectivity index (χ0v) is 10.3. The molecule has 0 bridgehead atoms. The van der Waals surface area contributed by atoms with Gasteiger partial charge in [0.1, 0.15) is 5.78 Å². The molecule has 0 radical (unpaired) electrons. The fraction of sp³-hybridized carbons (Fsp3) is 0.364. The third-order valence-electron chi connectivity index (χ3n) is 1.93. The molecular weight excluding hydrogens is 212 g/mol. The molecule has 14 heavy (non-hydrogen) atoms. The SMILES string of the molecule is CSc1ccc(SC)c(CC(C)=O)c1. The normalized spacial score (nSPS) is 10.2. The molecule has 1 nitrogen and oxygen atoms in total. The lowest BCUT2D eigenvalue weighted by molar-refractivity contribution is -0.116. The van der Waals surface area contributed by atoms with Crippen molar-refractivity contribution in [2.24, 2.45) is 0 Å². The van der Waals surface area contributed by atoms with Crippen molar-refractivity contribution in [2.45, 2.75) is 23.1 Å². The smallest absolute Gasteiger partial charge is 0.134 e. The molecule has 1 aromatic carbocycles. The second kappa shape index (κ2) is 5.47. The summed E-state index contributed by atoms with van der Waals surface area (Å²) in [6.07, 6.45) is 4.63. The summed E-state index contributed by atoms with van der Waals surface area (Å²) in [5.74, 6) is 0.221. The molecule has 0 heterocycles. The molecule has 0 unspecified atom stereocenters. The zero-order valence-electron chi connectivity index (χ0n) is 8.66. The van der Waals surface area contributed by atoms with E-state index in [1.165, 1.54) is 9.79 Å². The van der Waals surface area contributed by atoms with Crippen LogP contribution < -0.4 is 0 Å². The Bertz CT molecular complexity index is 334. The van der Waals surface area contributed by atoms with Gasteiger partial charge in [-0.15, -0.1) is 23.5 Å². The van der Waals surface area contributed by atoms with Gasteiger partial charge in [0, 0.05) is 16.2 Å². The Kier molecular flexibility index (Phi) is 4.55. The molecule has 0 spiro atoms. The van der Waals surface area contributed by atoms with E-state index < -0.39 is 0 Å². The first-order chi connectivity index (χ1) is 6.67. The largest absolute Gasteiger partial charge is 0.300 e. The highest BCUT2D eigenvalue weighted by atomic mass is 32.2. The molecule has 0 aliphatic heterocycles. The molecule has 0 aliphatic carbocycles. The maximum absolute atomic E-state index is 11.1. The van der Waals surface area contributed by atoms with Crippen LogP contribution >= 0.6 is 23.5 Å². The predicted octanol–water partition coefficient (Wildman–Crippen LogP) is 3.26. The zero-order chi connectivity index (χ0) is 10.6. The highest BCUT2D eigenvalue weighted by molar-refractivity contribution is 7.99. The van der Waals surface area contributed by atoms with E-state index in [0.29, 0.717) is 6.42 Å². The van der Waals surface area contributed by atoms with Crippen LogP contribution in [0.2, 0.25) is 0 Å². The van der Waals surface area contributed by atoms with Crippen LogP contribution in [0, 0.1) is 0 Å². The van der Waals surface area contributed by atoms with Crippen LogP contribution in [0.3, 0.4) is 0 Å². The van der Waals surface area contributed by atoms with Gasteiger partial charge in [0.05, 0.1) is 0 Å². The topological polar surface area (TPSA) is 17.1 Å². The summed E-state index contributed by atoms with van der Waals surface area (Å²) in [5.41, 5.74) is 1.15. The fourth-order valence-electron chi connectivity index (χ4n) is 1.29. The molecule has 76 valence electrons. The minimum atomic E-state index is 0.221. The second-order valence-corrected chi connectivity index (χ2v) is 4.78. The van der Waals surface area contributed by atoms with Crippen molar-refractivity contribution in [3.63, 3.8) is 0 Å². The van der Waals surface area contributed by atoms with Gasteiger partial charge >= 0.3 is 0 Å². The van der Waals surface area contributed by atoms with Crippen molar-refractivity contribution in [3.05, 3.63) is 23.8 Å². The number of carbonyl (C=O) groups excluding carboxylic acids is 1. The fourth-order valence-corrected chi connectivity index (χ4v) is 2.35. The average molecular weight is 226 g/mol. The van der Waals surface area contributed by atoms with Gasteiger partial charge in [0.2, 0.25) is 0 Å². The minimum absolute atomic E-state index is 0.221. The summed E-state index contributed by atoms with van der Waals surface area (Å²) >= 11 is 3.40. The minimum Gasteiger partial charge on any atom is -0.300 e. The van der Waals surface area contributed by atoms with Gasteiger partial charge in [-0.05, 0) is 43.2 Å². The second-order valence-electron chi connectivity index (χ2n) is 3.06. The number of ketones is 1. The molecule has 0 aromatic heterocycles. The van der Waals surface area contributed by atoms with Gasteiger partial charge in [-0.25, -0.2) is 0 Å². The number of carbonyl (C=O) groups is 1. The van der Waals surface area contributed by atoms with E-state index in [1.807, 2.05) is 12.5 Å². The molecule has 0 amide bonds. The van der Waals surface area contributed by atoms with Gasteiger partial charge in [-0.1, -0.05) is 0 Å². The summed E-state index contributed by atoms with van der Waals surface area (Å²) in [7, 11) is 0. The van der Waals surface area contributed by atoms with Gasteiger partial charge in [-0.3, -0.25) is 4.79 Å². The molecule has 3 heteroatoms. The first kappa shape index (κ1) is 11.7. The van der Waals surface area contributed by atoms with Crippen molar-refractivity contribution in [1.29, 1.82) is 0 Å².